The summed E-state index contributed by atoms with van der Waals surface area (Å²) < 4.78 is 0. The van der Waals surface area contributed by atoms with Crippen LogP contribution in [0.15, 0.2) is 18.2 Å². The van der Waals surface area contributed by atoms with Crippen LogP contribution in [0.5, 0.6) is 0 Å². The zero-order chi connectivity index (χ0) is 14.7. The Balaban J connectivity index is 2.13. The monoisotopic (exact) mass is 276 g/mol. The van der Waals surface area contributed by atoms with Crippen LogP contribution in [-0.4, -0.2) is 24.2 Å². The summed E-state index contributed by atoms with van der Waals surface area (Å²) in [7, 11) is 0. The first-order valence-corrected chi connectivity index (χ1v) is 7.37. The van der Waals surface area contributed by atoms with Crippen LogP contribution in [0.3, 0.4) is 0 Å². The summed E-state index contributed by atoms with van der Waals surface area (Å²) in [5.74, 6) is 0.570. The van der Waals surface area contributed by atoms with Crippen LogP contribution in [0, 0.1) is 11.8 Å². The molecular weight excluding hydrogens is 252 g/mol. The molecule has 0 aliphatic carbocycles. The fourth-order valence-electron chi connectivity index (χ4n) is 3.01. The lowest BCUT2D eigenvalue weighted by Crippen LogP contribution is -2.25. The van der Waals surface area contributed by atoms with Crippen LogP contribution >= 0.6 is 0 Å². The Morgan fingerprint density at radius 3 is 2.70 bits per heavy atom. The van der Waals surface area contributed by atoms with Gasteiger partial charge in [-0.2, -0.15) is 0 Å². The molecule has 1 aromatic rings. The Kier molecular flexibility index (Phi) is 4.53. The Bertz CT molecular complexity index is 485. The van der Waals surface area contributed by atoms with Gasteiger partial charge in [-0.3, -0.25) is 0 Å². The molecule has 110 valence electrons. The largest absolute Gasteiger partial charge is 0.478 e. The number of carboxylic acids is 1. The molecule has 0 aromatic heterocycles. The van der Waals surface area contributed by atoms with Crippen LogP contribution in [0.1, 0.15) is 43.5 Å². The molecule has 1 saturated heterocycles. The first-order valence-electron chi connectivity index (χ1n) is 7.37. The first-order chi connectivity index (χ1) is 9.49. The van der Waals surface area contributed by atoms with Gasteiger partial charge in [-0.15, -0.1) is 0 Å². The molecule has 1 atom stereocenters. The summed E-state index contributed by atoms with van der Waals surface area (Å²) in [5.41, 5.74) is 7.82. The number of hydrogen-bond acceptors (Lipinski definition) is 3. The zero-order valence-electron chi connectivity index (χ0n) is 12.3. The molecular formula is C16H24N2O2. The summed E-state index contributed by atoms with van der Waals surface area (Å²) in [4.78, 5) is 13.2. The van der Waals surface area contributed by atoms with E-state index < -0.39 is 5.97 Å². The molecule has 0 spiro atoms. The molecule has 1 heterocycles. The third-order valence-corrected chi connectivity index (χ3v) is 4.33. The van der Waals surface area contributed by atoms with E-state index in [4.69, 9.17) is 10.8 Å². The van der Waals surface area contributed by atoms with Crippen molar-refractivity contribution in [2.45, 2.75) is 33.1 Å². The number of hydrogen-bond donors (Lipinski definition) is 2. The van der Waals surface area contributed by atoms with Gasteiger partial charge in [0, 0.05) is 13.1 Å². The van der Waals surface area contributed by atoms with Gasteiger partial charge in [-0.25, -0.2) is 4.79 Å². The van der Waals surface area contributed by atoms with Gasteiger partial charge in [0.1, 0.15) is 0 Å². The lowest BCUT2D eigenvalue weighted by Gasteiger charge is -2.25. The second-order valence-corrected chi connectivity index (χ2v) is 6.00. The highest BCUT2D eigenvalue weighted by Gasteiger charge is 2.21. The maximum Gasteiger partial charge on any atom is 0.335 e. The highest BCUT2D eigenvalue weighted by atomic mass is 16.4. The lowest BCUT2D eigenvalue weighted by atomic mass is 9.89. The molecule has 1 aromatic carbocycles. The number of aromatic carboxylic acids is 1. The molecule has 3 N–H and O–H groups in total. The Labute approximate surface area is 120 Å². The van der Waals surface area contributed by atoms with Gasteiger partial charge in [-0.05, 0) is 49.3 Å². The van der Waals surface area contributed by atoms with E-state index in [1.807, 2.05) is 6.07 Å². The van der Waals surface area contributed by atoms with Gasteiger partial charge in [0.2, 0.25) is 0 Å². The van der Waals surface area contributed by atoms with Crippen LogP contribution in [0.2, 0.25) is 0 Å². The zero-order valence-corrected chi connectivity index (χ0v) is 12.3. The minimum atomic E-state index is -0.931. The number of carboxylic acid groups (broad SMARTS) is 1. The maximum atomic E-state index is 10.9. The van der Waals surface area contributed by atoms with E-state index in [-0.39, 0.29) is 5.56 Å². The minimum absolute atomic E-state index is 0.251. The maximum absolute atomic E-state index is 10.9. The molecule has 2 rings (SSSR count). The Morgan fingerprint density at radius 1 is 1.35 bits per heavy atom. The number of nitrogens with zero attached hydrogens (tertiary/aromatic N) is 1. The van der Waals surface area contributed by atoms with Gasteiger partial charge in [-0.1, -0.05) is 13.8 Å². The van der Waals surface area contributed by atoms with Crippen LogP contribution in [0.25, 0.3) is 0 Å². The highest BCUT2D eigenvalue weighted by molar-refractivity contribution is 5.90. The molecule has 0 radical (unpaired) electrons. The van der Waals surface area contributed by atoms with E-state index in [9.17, 15) is 4.79 Å². The van der Waals surface area contributed by atoms with Gasteiger partial charge in [0.15, 0.2) is 0 Å². The predicted octanol–water partition coefficient (Wildman–Crippen LogP) is 3.23. The van der Waals surface area contributed by atoms with Gasteiger partial charge < -0.3 is 15.7 Å². The van der Waals surface area contributed by atoms with Crippen LogP contribution < -0.4 is 10.6 Å². The van der Waals surface area contributed by atoms with E-state index in [0.717, 1.165) is 30.6 Å². The quantitative estimate of drug-likeness (QED) is 0.832. The van der Waals surface area contributed by atoms with Crippen molar-refractivity contribution in [3.8, 4) is 0 Å². The number of benzene rings is 1. The third kappa shape index (κ3) is 3.24. The second kappa shape index (κ2) is 6.16. The van der Waals surface area contributed by atoms with Crippen molar-refractivity contribution in [1.29, 1.82) is 0 Å². The van der Waals surface area contributed by atoms with Crippen LogP contribution in [0.4, 0.5) is 11.4 Å². The molecule has 4 heteroatoms. The average molecular weight is 276 g/mol. The SMILES string of the molecule is CC(C)C1CCCN(c2ccc(C(=O)O)cc2N)CC1. The van der Waals surface area contributed by atoms with E-state index in [1.54, 1.807) is 12.1 Å². The first kappa shape index (κ1) is 14.7. The smallest absolute Gasteiger partial charge is 0.335 e. The standard InChI is InChI=1S/C16H24N2O2/c1-11(2)12-4-3-8-18(9-7-12)15-6-5-13(16(19)20)10-14(15)17/h5-6,10-12H,3-4,7-9,17H2,1-2H3,(H,19,20). The third-order valence-electron chi connectivity index (χ3n) is 4.33. The van der Waals surface area contributed by atoms with Crippen molar-refractivity contribution in [3.63, 3.8) is 0 Å². The highest BCUT2D eigenvalue weighted by Crippen LogP contribution is 2.30. The van der Waals surface area contributed by atoms with E-state index >= 15 is 0 Å². The van der Waals surface area contributed by atoms with E-state index in [1.165, 1.54) is 19.3 Å². The van der Waals surface area contributed by atoms with Crippen LogP contribution in [-0.2, 0) is 0 Å². The van der Waals surface area contributed by atoms with Crippen molar-refractivity contribution >= 4 is 17.3 Å². The minimum Gasteiger partial charge on any atom is -0.478 e. The Morgan fingerprint density at radius 2 is 2.10 bits per heavy atom. The second-order valence-electron chi connectivity index (χ2n) is 6.00. The molecule has 0 amide bonds. The van der Waals surface area contributed by atoms with Crippen molar-refractivity contribution in [2.75, 3.05) is 23.7 Å². The fourth-order valence-corrected chi connectivity index (χ4v) is 3.01. The lowest BCUT2D eigenvalue weighted by molar-refractivity contribution is 0.0697. The molecule has 1 fully saturated rings. The van der Waals surface area contributed by atoms with Gasteiger partial charge >= 0.3 is 5.97 Å². The molecule has 1 aliphatic heterocycles. The van der Waals surface area contributed by atoms with E-state index in [0.29, 0.717) is 5.69 Å². The van der Waals surface area contributed by atoms with Gasteiger partial charge in [0.05, 0.1) is 16.9 Å². The molecule has 4 nitrogen and oxygen atoms in total. The number of nitrogen functional groups attached to an aromatic ring is 1. The fraction of sp³-hybridized carbons (Fsp3) is 0.562. The molecule has 1 aliphatic rings. The summed E-state index contributed by atoms with van der Waals surface area (Å²) in [6.07, 6.45) is 3.61. The molecule has 20 heavy (non-hydrogen) atoms. The predicted molar refractivity (Wildman–Crippen MR) is 82.2 cm³/mol. The van der Waals surface area contributed by atoms with Crippen molar-refractivity contribution in [3.05, 3.63) is 23.8 Å². The molecule has 0 bridgehead atoms. The van der Waals surface area contributed by atoms with Crippen molar-refractivity contribution < 1.29 is 9.90 Å². The number of rotatable bonds is 3. The summed E-state index contributed by atoms with van der Waals surface area (Å²) >= 11 is 0. The van der Waals surface area contributed by atoms with Gasteiger partial charge in [0.25, 0.3) is 0 Å². The van der Waals surface area contributed by atoms with Crippen molar-refractivity contribution in [1.82, 2.24) is 0 Å². The Hall–Kier alpha value is -1.71. The number of anilines is 2. The average Bonchev–Trinajstić information content (AvgIpc) is 2.64. The molecule has 0 saturated carbocycles. The summed E-state index contributed by atoms with van der Waals surface area (Å²) in [6.45, 7) is 6.58. The summed E-state index contributed by atoms with van der Waals surface area (Å²) in [5, 5.41) is 8.98. The molecule has 1 unspecified atom stereocenters. The number of nitrogens with two attached hydrogens (primary N) is 1. The number of carbonyl (C=O) groups is 1. The van der Waals surface area contributed by atoms with E-state index in [2.05, 4.69) is 18.7 Å². The summed E-state index contributed by atoms with van der Waals surface area (Å²) in [6, 6.07) is 5.04. The topological polar surface area (TPSA) is 66.6 Å². The van der Waals surface area contributed by atoms with Crippen molar-refractivity contribution in [2.24, 2.45) is 11.8 Å². The normalized spacial score (nSPS) is 19.9.